The number of nitrogens with zero attached hydrogens (tertiary/aromatic N) is 2. The monoisotopic (exact) mass is 275 g/mol. The fourth-order valence-electron chi connectivity index (χ4n) is 2.99. The molecule has 4 rings (SSSR count). The van der Waals surface area contributed by atoms with Crippen LogP contribution in [0.25, 0.3) is 27.4 Å². The molecule has 3 heterocycles. The first-order chi connectivity index (χ1) is 10.2. The van der Waals surface area contributed by atoms with Crippen molar-refractivity contribution in [1.29, 1.82) is 0 Å². The number of rotatable bonds is 1. The van der Waals surface area contributed by atoms with E-state index in [1.54, 1.807) is 0 Å². The number of benzene rings is 1. The zero-order chi connectivity index (χ0) is 14.4. The molecule has 21 heavy (non-hydrogen) atoms. The van der Waals surface area contributed by atoms with E-state index in [4.69, 9.17) is 0 Å². The Balaban J connectivity index is 1.93. The number of dihydropyridines is 1. The largest absolute Gasteiger partial charge is 0.384 e. The first kappa shape index (κ1) is 12.2. The number of hydrogen-bond acceptors (Lipinski definition) is 2. The van der Waals surface area contributed by atoms with E-state index in [2.05, 4.69) is 71.5 Å². The highest BCUT2D eigenvalue weighted by Gasteiger charge is 2.10. The van der Waals surface area contributed by atoms with Gasteiger partial charge in [0.1, 0.15) is 0 Å². The number of aryl methyl sites for hydroxylation is 1. The van der Waals surface area contributed by atoms with E-state index < -0.39 is 0 Å². The minimum atomic E-state index is 0.404. The van der Waals surface area contributed by atoms with Crippen LogP contribution in [0.2, 0.25) is 0 Å². The molecule has 1 atom stereocenters. The van der Waals surface area contributed by atoms with Crippen molar-refractivity contribution in [3.63, 3.8) is 0 Å². The molecule has 0 saturated heterocycles. The Morgan fingerprint density at radius 3 is 2.86 bits per heavy atom. The molecule has 1 unspecified atom stereocenters. The van der Waals surface area contributed by atoms with Gasteiger partial charge in [0.15, 0.2) is 0 Å². The van der Waals surface area contributed by atoms with Crippen LogP contribution < -0.4 is 5.32 Å². The number of fused-ring (bicyclic) bond motifs is 3. The molecule has 1 aliphatic heterocycles. The third kappa shape index (κ3) is 1.85. The quantitative estimate of drug-likeness (QED) is 0.735. The molecule has 0 amide bonds. The number of aromatic nitrogens is 2. The highest BCUT2D eigenvalue weighted by atomic mass is 14.9. The molecule has 3 nitrogen and oxygen atoms in total. The van der Waals surface area contributed by atoms with Crippen molar-refractivity contribution in [2.45, 2.75) is 13.0 Å². The Kier molecular flexibility index (Phi) is 2.61. The lowest BCUT2D eigenvalue weighted by atomic mass is 10.0. The topological polar surface area (TPSA) is 29.9 Å². The minimum Gasteiger partial charge on any atom is -0.384 e. The summed E-state index contributed by atoms with van der Waals surface area (Å²) in [6.45, 7) is 2.14. The Morgan fingerprint density at radius 1 is 1.14 bits per heavy atom. The van der Waals surface area contributed by atoms with Crippen molar-refractivity contribution >= 4 is 27.4 Å². The molecule has 0 bridgehead atoms. The smallest absolute Gasteiger partial charge is 0.0519 e. The molecule has 104 valence electrons. The molecule has 1 aliphatic rings. The van der Waals surface area contributed by atoms with E-state index in [0.717, 1.165) is 0 Å². The van der Waals surface area contributed by atoms with Crippen molar-refractivity contribution in [2.75, 3.05) is 0 Å². The second kappa shape index (κ2) is 4.48. The summed E-state index contributed by atoms with van der Waals surface area (Å²) < 4.78 is 2.24. The van der Waals surface area contributed by atoms with Gasteiger partial charge in [-0.3, -0.25) is 4.98 Å². The van der Waals surface area contributed by atoms with Crippen molar-refractivity contribution in [1.82, 2.24) is 14.9 Å². The van der Waals surface area contributed by atoms with E-state index in [-0.39, 0.29) is 0 Å². The van der Waals surface area contributed by atoms with Crippen LogP contribution in [0.4, 0.5) is 0 Å². The fourth-order valence-corrected chi connectivity index (χ4v) is 2.99. The zero-order valence-electron chi connectivity index (χ0n) is 12.2. The maximum atomic E-state index is 4.25. The molecule has 0 radical (unpaired) electrons. The summed E-state index contributed by atoms with van der Waals surface area (Å²) in [6, 6.07) is 9.10. The van der Waals surface area contributed by atoms with Crippen LogP contribution >= 0.6 is 0 Å². The van der Waals surface area contributed by atoms with E-state index in [1.165, 1.54) is 32.9 Å². The van der Waals surface area contributed by atoms with E-state index >= 15 is 0 Å². The van der Waals surface area contributed by atoms with Crippen LogP contribution in [0, 0.1) is 0 Å². The van der Waals surface area contributed by atoms with Gasteiger partial charge in [-0.25, -0.2) is 0 Å². The maximum absolute atomic E-state index is 4.25. The molecule has 0 spiro atoms. The van der Waals surface area contributed by atoms with Gasteiger partial charge >= 0.3 is 0 Å². The number of pyridine rings is 1. The second-order valence-electron chi connectivity index (χ2n) is 5.60. The predicted molar refractivity (Wildman–Crippen MR) is 87.9 cm³/mol. The maximum Gasteiger partial charge on any atom is 0.0519 e. The van der Waals surface area contributed by atoms with Gasteiger partial charge < -0.3 is 9.88 Å². The first-order valence-electron chi connectivity index (χ1n) is 7.21. The first-order valence-corrected chi connectivity index (χ1v) is 7.21. The molecule has 2 aromatic heterocycles. The molecular formula is C18H17N3. The Morgan fingerprint density at radius 2 is 2.05 bits per heavy atom. The van der Waals surface area contributed by atoms with Crippen molar-refractivity contribution in [2.24, 2.45) is 7.05 Å². The van der Waals surface area contributed by atoms with Crippen LogP contribution in [0.1, 0.15) is 12.5 Å². The van der Waals surface area contributed by atoms with Crippen LogP contribution in [-0.4, -0.2) is 15.6 Å². The average Bonchev–Trinajstić information content (AvgIpc) is 2.81. The predicted octanol–water partition coefficient (Wildman–Crippen LogP) is 3.62. The van der Waals surface area contributed by atoms with Crippen LogP contribution in [0.3, 0.4) is 0 Å². The molecule has 0 fully saturated rings. The summed E-state index contributed by atoms with van der Waals surface area (Å²) in [5.41, 5.74) is 4.91. The number of hydrogen-bond donors (Lipinski definition) is 1. The summed E-state index contributed by atoms with van der Waals surface area (Å²) in [6.07, 6.45) is 10.3. The number of allylic oxidation sites excluding steroid dienone is 2. The average molecular weight is 275 g/mol. The Labute approximate surface area is 123 Å². The van der Waals surface area contributed by atoms with Crippen molar-refractivity contribution in [3.05, 3.63) is 60.6 Å². The van der Waals surface area contributed by atoms with Crippen LogP contribution in [0.15, 0.2) is 55.0 Å². The van der Waals surface area contributed by atoms with Gasteiger partial charge in [-0.2, -0.15) is 0 Å². The summed E-state index contributed by atoms with van der Waals surface area (Å²) in [5.74, 6) is 0. The third-order valence-corrected chi connectivity index (χ3v) is 4.21. The highest BCUT2D eigenvalue weighted by Crippen LogP contribution is 2.30. The Hall–Kier alpha value is -2.55. The van der Waals surface area contributed by atoms with E-state index in [1.807, 2.05) is 12.4 Å². The van der Waals surface area contributed by atoms with Gasteiger partial charge in [-0.1, -0.05) is 24.3 Å². The van der Waals surface area contributed by atoms with E-state index in [9.17, 15) is 0 Å². The zero-order valence-corrected chi connectivity index (χ0v) is 12.2. The van der Waals surface area contributed by atoms with Crippen LogP contribution in [-0.2, 0) is 7.05 Å². The van der Waals surface area contributed by atoms with Gasteiger partial charge in [0.25, 0.3) is 0 Å². The normalized spacial score (nSPS) is 18.0. The minimum absolute atomic E-state index is 0.404. The lowest BCUT2D eigenvalue weighted by Gasteiger charge is -2.14. The lowest BCUT2D eigenvalue weighted by Crippen LogP contribution is -2.20. The number of nitrogens with one attached hydrogen (secondary N) is 1. The molecule has 3 heteroatoms. The second-order valence-corrected chi connectivity index (χ2v) is 5.60. The molecule has 0 aliphatic carbocycles. The van der Waals surface area contributed by atoms with Crippen molar-refractivity contribution < 1.29 is 0 Å². The third-order valence-electron chi connectivity index (χ3n) is 4.21. The summed E-state index contributed by atoms with van der Waals surface area (Å²) >= 11 is 0. The standard InChI is InChI=1S/C18H17N3/c1-12-3-4-14(10-20-12)13-5-6-15-16-11-19-8-7-17(16)21(2)18(15)9-13/h3-12,20H,1-2H3. The molecule has 1 N–H and O–H groups in total. The van der Waals surface area contributed by atoms with Gasteiger partial charge in [-0.05, 0) is 30.2 Å². The SMILES string of the molecule is CC1C=CC(c2ccc3c4cnccc4n(C)c3c2)=CN1. The summed E-state index contributed by atoms with van der Waals surface area (Å²) in [7, 11) is 2.11. The van der Waals surface area contributed by atoms with Gasteiger partial charge in [-0.15, -0.1) is 0 Å². The van der Waals surface area contributed by atoms with Crippen LogP contribution in [0.5, 0.6) is 0 Å². The summed E-state index contributed by atoms with van der Waals surface area (Å²) in [4.78, 5) is 4.25. The lowest BCUT2D eigenvalue weighted by molar-refractivity contribution is 0.764. The fraction of sp³-hybridized carbons (Fsp3) is 0.167. The molecule has 3 aromatic rings. The summed E-state index contributed by atoms with van der Waals surface area (Å²) in [5, 5.41) is 5.82. The van der Waals surface area contributed by atoms with Crippen molar-refractivity contribution in [3.8, 4) is 0 Å². The molecule has 0 saturated carbocycles. The van der Waals surface area contributed by atoms with Gasteiger partial charge in [0.05, 0.1) is 5.52 Å². The highest BCUT2D eigenvalue weighted by molar-refractivity contribution is 6.08. The van der Waals surface area contributed by atoms with Gasteiger partial charge in [0, 0.05) is 48.0 Å². The Bertz CT molecular complexity index is 899. The van der Waals surface area contributed by atoms with E-state index in [0.29, 0.717) is 6.04 Å². The molecular weight excluding hydrogens is 258 g/mol. The van der Waals surface area contributed by atoms with Gasteiger partial charge in [0.2, 0.25) is 0 Å². The molecule has 1 aromatic carbocycles.